The molecule has 0 aliphatic carbocycles. The predicted octanol–water partition coefficient (Wildman–Crippen LogP) is 2.67. The van der Waals surface area contributed by atoms with Crippen LogP contribution in [0.25, 0.3) is 0 Å². The average Bonchev–Trinajstić information content (AvgIpc) is 2.42. The van der Waals surface area contributed by atoms with Gasteiger partial charge in [-0.1, -0.05) is 18.2 Å². The Bertz CT molecular complexity index is 601. The van der Waals surface area contributed by atoms with Crippen molar-refractivity contribution < 1.29 is 22.3 Å². The van der Waals surface area contributed by atoms with Gasteiger partial charge in [0.15, 0.2) is 0 Å². The first-order valence-corrected chi connectivity index (χ1v) is 5.83. The number of nitrogens with zero attached hydrogens (tertiary/aromatic N) is 1. The average molecular weight is 301 g/mol. The first-order valence-electron chi connectivity index (χ1n) is 5.83. The van der Waals surface area contributed by atoms with E-state index in [2.05, 4.69) is 15.1 Å². The number of ether oxygens (including phenoxy) is 1. The van der Waals surface area contributed by atoms with Gasteiger partial charge in [-0.2, -0.15) is 0 Å². The fourth-order valence-corrected chi connectivity index (χ4v) is 1.83. The summed E-state index contributed by atoms with van der Waals surface area (Å²) in [6.45, 7) is 0. The molecule has 0 aliphatic heterocycles. The monoisotopic (exact) mass is 301 g/mol. The lowest BCUT2D eigenvalue weighted by molar-refractivity contribution is -0.275. The summed E-state index contributed by atoms with van der Waals surface area (Å²) in [7, 11) is 0. The number of nitrogens with two attached hydrogens (primary N) is 1. The topological polar surface area (TPSA) is 60.2 Å². The van der Waals surface area contributed by atoms with E-state index in [1.54, 1.807) is 0 Å². The van der Waals surface area contributed by atoms with Gasteiger partial charge in [0.25, 0.3) is 0 Å². The molecule has 0 saturated carbocycles. The third kappa shape index (κ3) is 3.89. The van der Waals surface area contributed by atoms with Crippen LogP contribution in [0.1, 0.15) is 17.3 Å². The predicted molar refractivity (Wildman–Crippen MR) is 66.5 cm³/mol. The lowest BCUT2D eigenvalue weighted by Crippen LogP contribution is -2.30. The molecule has 0 fully saturated rings. The fourth-order valence-electron chi connectivity index (χ4n) is 1.83. The molecular weight excluding hydrogens is 290 g/mol. The van der Waals surface area contributed by atoms with E-state index in [9.17, 15) is 17.6 Å². The minimum Gasteiger partial charge on any atom is -0.405 e. The molecule has 1 unspecified atom stereocenters. The molecule has 21 heavy (non-hydrogen) atoms. The zero-order valence-corrected chi connectivity index (χ0v) is 10.6. The van der Waals surface area contributed by atoms with Crippen LogP contribution in [0.5, 0.6) is 5.75 Å². The molecule has 1 atom stereocenters. The van der Waals surface area contributed by atoms with Gasteiger partial charge in [-0.15, -0.1) is 13.2 Å². The van der Waals surface area contributed by atoms with Gasteiger partial charge in [0, 0.05) is 5.56 Å². The van der Waals surface area contributed by atoms with E-state index < -0.39 is 24.0 Å². The minimum absolute atomic E-state index is 0.136. The van der Waals surface area contributed by atoms with Crippen molar-refractivity contribution in [3.63, 3.8) is 0 Å². The molecule has 0 radical (unpaired) electrons. The summed E-state index contributed by atoms with van der Waals surface area (Å²) in [5.41, 5.74) is 2.74. The van der Waals surface area contributed by atoms with Crippen LogP contribution in [0.3, 0.4) is 0 Å². The quantitative estimate of drug-likeness (QED) is 0.518. The van der Waals surface area contributed by atoms with Crippen LogP contribution in [0, 0.1) is 5.82 Å². The van der Waals surface area contributed by atoms with Gasteiger partial charge in [0.05, 0.1) is 17.9 Å². The molecule has 3 N–H and O–H groups in total. The summed E-state index contributed by atoms with van der Waals surface area (Å²) in [4.78, 5) is 3.81. The van der Waals surface area contributed by atoms with Gasteiger partial charge in [-0.25, -0.2) is 9.82 Å². The number of para-hydroxylation sites is 1. The van der Waals surface area contributed by atoms with Crippen molar-refractivity contribution in [2.45, 2.75) is 12.4 Å². The number of aromatic nitrogens is 1. The van der Waals surface area contributed by atoms with Crippen LogP contribution >= 0.6 is 0 Å². The highest BCUT2D eigenvalue weighted by Crippen LogP contribution is 2.32. The van der Waals surface area contributed by atoms with E-state index in [0.29, 0.717) is 0 Å². The Kier molecular flexibility index (Phi) is 4.39. The van der Waals surface area contributed by atoms with E-state index in [1.165, 1.54) is 24.3 Å². The Labute approximate surface area is 117 Å². The van der Waals surface area contributed by atoms with Crippen LogP contribution in [-0.4, -0.2) is 11.3 Å². The maximum Gasteiger partial charge on any atom is 0.573 e. The molecule has 1 aromatic carbocycles. The van der Waals surface area contributed by atoms with Gasteiger partial charge < -0.3 is 4.74 Å². The smallest absolute Gasteiger partial charge is 0.405 e. The van der Waals surface area contributed by atoms with Crippen LogP contribution < -0.4 is 16.0 Å². The van der Waals surface area contributed by atoms with Crippen molar-refractivity contribution in [3.05, 3.63) is 59.7 Å². The summed E-state index contributed by atoms with van der Waals surface area (Å²) in [6, 6.07) is 7.10. The molecule has 0 aliphatic rings. The van der Waals surface area contributed by atoms with Crippen LogP contribution in [-0.2, 0) is 0 Å². The number of hydrazine groups is 1. The Hall–Kier alpha value is -2.19. The Morgan fingerprint density at radius 3 is 2.43 bits per heavy atom. The van der Waals surface area contributed by atoms with Crippen molar-refractivity contribution in [2.75, 3.05) is 0 Å². The molecule has 0 spiro atoms. The highest BCUT2D eigenvalue weighted by molar-refractivity contribution is 5.40. The standard InChI is InChI=1S/C13H11F4N3O/c14-8-5-6-10(19-7-8)12(20-18)9-3-1-2-4-11(9)21-13(15,16)17/h1-7,12,20H,18H2. The number of rotatable bonds is 4. The molecule has 112 valence electrons. The van der Waals surface area contributed by atoms with Crippen molar-refractivity contribution in [1.29, 1.82) is 0 Å². The lowest BCUT2D eigenvalue weighted by Gasteiger charge is -2.20. The second-order valence-corrected chi connectivity index (χ2v) is 4.09. The zero-order chi connectivity index (χ0) is 15.5. The van der Waals surface area contributed by atoms with E-state index in [-0.39, 0.29) is 11.3 Å². The number of hydrogen-bond donors (Lipinski definition) is 2. The van der Waals surface area contributed by atoms with Crippen LogP contribution in [0.4, 0.5) is 17.6 Å². The van der Waals surface area contributed by atoms with Crippen molar-refractivity contribution in [2.24, 2.45) is 5.84 Å². The molecule has 1 aromatic heterocycles. The number of benzene rings is 1. The Morgan fingerprint density at radius 2 is 1.86 bits per heavy atom. The van der Waals surface area contributed by atoms with E-state index in [4.69, 9.17) is 5.84 Å². The highest BCUT2D eigenvalue weighted by atomic mass is 19.4. The summed E-state index contributed by atoms with van der Waals surface area (Å²) >= 11 is 0. The number of pyridine rings is 1. The molecule has 0 saturated heterocycles. The maximum atomic E-state index is 12.9. The van der Waals surface area contributed by atoms with Crippen LogP contribution in [0.2, 0.25) is 0 Å². The maximum absolute atomic E-state index is 12.9. The first kappa shape index (κ1) is 15.2. The van der Waals surface area contributed by atoms with Gasteiger partial charge in [-0.3, -0.25) is 10.8 Å². The number of nitrogens with one attached hydrogen (secondary N) is 1. The second-order valence-electron chi connectivity index (χ2n) is 4.09. The van der Waals surface area contributed by atoms with Gasteiger partial charge >= 0.3 is 6.36 Å². The lowest BCUT2D eigenvalue weighted by atomic mass is 10.0. The second kappa shape index (κ2) is 6.06. The molecule has 8 heteroatoms. The molecule has 1 heterocycles. The molecule has 0 bridgehead atoms. The first-order chi connectivity index (χ1) is 9.90. The Balaban J connectivity index is 2.40. The third-order valence-corrected chi connectivity index (χ3v) is 2.67. The molecule has 2 aromatic rings. The minimum atomic E-state index is -4.83. The summed E-state index contributed by atoms with van der Waals surface area (Å²) in [6.07, 6.45) is -3.88. The molecule has 0 amide bonds. The van der Waals surface area contributed by atoms with Crippen LogP contribution in [0.15, 0.2) is 42.6 Å². The van der Waals surface area contributed by atoms with Crippen molar-refractivity contribution in [1.82, 2.24) is 10.4 Å². The summed E-state index contributed by atoms with van der Waals surface area (Å²) in [5, 5.41) is 0. The number of hydrogen-bond acceptors (Lipinski definition) is 4. The van der Waals surface area contributed by atoms with E-state index >= 15 is 0 Å². The fraction of sp³-hybridized carbons (Fsp3) is 0.154. The van der Waals surface area contributed by atoms with E-state index in [1.807, 2.05) is 0 Å². The molecule has 2 rings (SSSR count). The molecular formula is C13H11F4N3O. The van der Waals surface area contributed by atoms with Gasteiger partial charge in [-0.05, 0) is 18.2 Å². The normalized spacial score (nSPS) is 13.0. The van der Waals surface area contributed by atoms with Crippen molar-refractivity contribution >= 4 is 0 Å². The number of halogens is 4. The summed E-state index contributed by atoms with van der Waals surface area (Å²) < 4.78 is 54.0. The SMILES string of the molecule is NNC(c1ccc(F)cn1)c1ccccc1OC(F)(F)F. The summed E-state index contributed by atoms with van der Waals surface area (Å²) in [5.74, 6) is 4.42. The number of alkyl halides is 3. The largest absolute Gasteiger partial charge is 0.573 e. The van der Waals surface area contributed by atoms with Gasteiger partial charge in [0.1, 0.15) is 11.6 Å². The third-order valence-electron chi connectivity index (χ3n) is 2.67. The Morgan fingerprint density at radius 1 is 1.14 bits per heavy atom. The van der Waals surface area contributed by atoms with Gasteiger partial charge in [0.2, 0.25) is 0 Å². The highest BCUT2D eigenvalue weighted by Gasteiger charge is 2.33. The van der Waals surface area contributed by atoms with Crippen molar-refractivity contribution in [3.8, 4) is 5.75 Å². The molecule has 4 nitrogen and oxygen atoms in total. The van der Waals surface area contributed by atoms with E-state index in [0.717, 1.165) is 18.3 Å². The zero-order valence-electron chi connectivity index (χ0n) is 10.6.